The molecule has 3 aliphatic rings. The van der Waals surface area contributed by atoms with Crippen molar-refractivity contribution in [3.8, 4) is 0 Å². The molecule has 3 heterocycles. The lowest BCUT2D eigenvalue weighted by molar-refractivity contribution is -0.929. The molecule has 0 bridgehead atoms. The molecule has 0 radical (unpaired) electrons. The second-order valence-corrected chi connectivity index (χ2v) is 8.98. The van der Waals surface area contributed by atoms with E-state index in [0.717, 1.165) is 17.3 Å². The zero-order valence-electron chi connectivity index (χ0n) is 15.5. The monoisotopic (exact) mass is 376 g/mol. The first-order valence-corrected chi connectivity index (χ1v) is 11.1. The highest BCUT2D eigenvalue weighted by Gasteiger charge is 2.38. The van der Waals surface area contributed by atoms with Crippen LogP contribution in [0.2, 0.25) is 0 Å². The average molecular weight is 377 g/mol. The van der Waals surface area contributed by atoms with Crippen LogP contribution in [0.5, 0.6) is 0 Å². The lowest BCUT2D eigenvalue weighted by Gasteiger charge is -2.42. The van der Waals surface area contributed by atoms with Crippen LogP contribution in [0, 0.1) is 5.92 Å². The van der Waals surface area contributed by atoms with E-state index in [0.29, 0.717) is 38.8 Å². The van der Waals surface area contributed by atoms with Crippen LogP contribution in [-0.2, 0) is 4.79 Å². The van der Waals surface area contributed by atoms with E-state index in [9.17, 15) is 9.59 Å². The zero-order valence-corrected chi connectivity index (χ0v) is 16.3. The van der Waals surface area contributed by atoms with E-state index in [4.69, 9.17) is 0 Å². The van der Waals surface area contributed by atoms with Crippen LogP contribution < -0.4 is 4.90 Å². The van der Waals surface area contributed by atoms with Crippen molar-refractivity contribution < 1.29 is 14.5 Å². The Hall–Kier alpha value is -1.40. The maximum Gasteiger partial charge on any atom is 0.277 e. The topological polar surface area (TPSA) is 45.1 Å². The quantitative estimate of drug-likeness (QED) is 0.864. The summed E-state index contributed by atoms with van der Waals surface area (Å²) in [4.78, 5) is 31.5. The number of hydrogen-bond donors (Lipinski definition) is 1. The van der Waals surface area contributed by atoms with Crippen molar-refractivity contribution in [3.05, 3.63) is 22.4 Å². The number of piperidine rings is 1. The summed E-state index contributed by atoms with van der Waals surface area (Å²) < 4.78 is 0. The number of carbonyl (C=O) groups is 2. The number of thiophene rings is 1. The van der Waals surface area contributed by atoms with Gasteiger partial charge in [-0.1, -0.05) is 12.5 Å². The van der Waals surface area contributed by atoms with Crippen LogP contribution >= 0.6 is 11.3 Å². The first-order chi connectivity index (χ1) is 12.7. The molecule has 0 aromatic carbocycles. The van der Waals surface area contributed by atoms with Gasteiger partial charge in [0.2, 0.25) is 0 Å². The molecule has 4 rings (SSSR count). The third-order valence-electron chi connectivity index (χ3n) is 6.54. The highest BCUT2D eigenvalue weighted by atomic mass is 32.1. The van der Waals surface area contributed by atoms with Gasteiger partial charge in [0.25, 0.3) is 11.8 Å². The number of fused-ring (bicyclic) bond motifs is 1. The number of likely N-dealkylation sites (tertiary alicyclic amines) is 1. The van der Waals surface area contributed by atoms with E-state index in [-0.39, 0.29) is 11.8 Å². The number of carbonyl (C=O) groups excluding carboxylic acids is 2. The van der Waals surface area contributed by atoms with Gasteiger partial charge in [-0.05, 0) is 43.6 Å². The molecule has 3 atom stereocenters. The summed E-state index contributed by atoms with van der Waals surface area (Å²) in [7, 11) is 0. The van der Waals surface area contributed by atoms with E-state index < -0.39 is 0 Å². The van der Waals surface area contributed by atoms with Gasteiger partial charge in [0.1, 0.15) is 0 Å². The Balaban J connectivity index is 1.29. The van der Waals surface area contributed by atoms with Crippen molar-refractivity contribution in [1.82, 2.24) is 9.80 Å². The van der Waals surface area contributed by atoms with Gasteiger partial charge in [0.05, 0.1) is 17.5 Å². The van der Waals surface area contributed by atoms with Gasteiger partial charge in [0, 0.05) is 32.1 Å². The number of hydrogen-bond acceptors (Lipinski definition) is 3. The first-order valence-electron chi connectivity index (χ1n) is 10.2. The lowest BCUT2D eigenvalue weighted by atomic mass is 9.78. The Morgan fingerprint density at radius 1 is 1.04 bits per heavy atom. The third-order valence-corrected chi connectivity index (χ3v) is 7.39. The van der Waals surface area contributed by atoms with Gasteiger partial charge in [-0.2, -0.15) is 0 Å². The van der Waals surface area contributed by atoms with Gasteiger partial charge in [-0.15, -0.1) is 11.3 Å². The fourth-order valence-electron chi connectivity index (χ4n) is 5.11. The molecule has 26 heavy (non-hydrogen) atoms. The van der Waals surface area contributed by atoms with Gasteiger partial charge in [-0.3, -0.25) is 9.59 Å². The third kappa shape index (κ3) is 3.81. The molecule has 2 amide bonds. The SMILES string of the molecule is O=C(C[NH+]1CCC[C@@H]2CCCC[C@@H]21)N1CCN(C(=O)c2cccs2)CC1. The Kier molecular flexibility index (Phi) is 5.60. The van der Waals surface area contributed by atoms with E-state index >= 15 is 0 Å². The summed E-state index contributed by atoms with van der Waals surface area (Å²) in [6.07, 6.45) is 8.02. The van der Waals surface area contributed by atoms with E-state index in [1.54, 1.807) is 0 Å². The molecule has 142 valence electrons. The zero-order chi connectivity index (χ0) is 17.9. The predicted octanol–water partition coefficient (Wildman–Crippen LogP) is 1.27. The van der Waals surface area contributed by atoms with E-state index in [2.05, 4.69) is 0 Å². The summed E-state index contributed by atoms with van der Waals surface area (Å²) in [5.41, 5.74) is 0. The number of nitrogens with one attached hydrogen (secondary N) is 1. The number of piperazine rings is 1. The molecule has 1 saturated carbocycles. The molecular formula is C20H30N3O2S+. The molecule has 2 aliphatic heterocycles. The largest absolute Gasteiger partial charge is 0.334 e. The van der Waals surface area contributed by atoms with Crippen LogP contribution in [0.3, 0.4) is 0 Å². The molecule has 0 spiro atoms. The number of amides is 2. The van der Waals surface area contributed by atoms with Crippen molar-refractivity contribution in [2.45, 2.75) is 44.6 Å². The number of nitrogens with zero attached hydrogens (tertiary/aromatic N) is 2. The minimum Gasteiger partial charge on any atom is -0.334 e. The molecule has 1 unspecified atom stereocenters. The first kappa shape index (κ1) is 18.0. The molecule has 1 aromatic heterocycles. The lowest BCUT2D eigenvalue weighted by Crippen LogP contribution is -3.18. The van der Waals surface area contributed by atoms with E-state index in [1.807, 2.05) is 27.3 Å². The predicted molar refractivity (Wildman–Crippen MR) is 102 cm³/mol. The van der Waals surface area contributed by atoms with E-state index in [1.165, 1.54) is 54.8 Å². The number of quaternary nitrogens is 1. The molecule has 5 nitrogen and oxygen atoms in total. The second-order valence-electron chi connectivity index (χ2n) is 8.03. The van der Waals surface area contributed by atoms with Crippen molar-refractivity contribution in [2.24, 2.45) is 5.92 Å². The molecule has 1 aliphatic carbocycles. The molecule has 3 fully saturated rings. The Morgan fingerprint density at radius 2 is 1.77 bits per heavy atom. The van der Waals surface area contributed by atoms with Gasteiger partial charge in [-0.25, -0.2) is 0 Å². The fraction of sp³-hybridized carbons (Fsp3) is 0.700. The summed E-state index contributed by atoms with van der Waals surface area (Å²) in [6, 6.07) is 4.51. The fourth-order valence-corrected chi connectivity index (χ4v) is 5.80. The van der Waals surface area contributed by atoms with Crippen LogP contribution in [0.25, 0.3) is 0 Å². The number of rotatable bonds is 3. The minimum atomic E-state index is 0.110. The van der Waals surface area contributed by atoms with Crippen molar-refractivity contribution in [2.75, 3.05) is 39.3 Å². The highest BCUT2D eigenvalue weighted by Crippen LogP contribution is 2.28. The summed E-state index contributed by atoms with van der Waals surface area (Å²) in [5, 5.41) is 1.94. The average Bonchev–Trinajstić information content (AvgIpc) is 3.23. The van der Waals surface area contributed by atoms with Crippen LogP contribution in [0.4, 0.5) is 0 Å². The molecule has 6 heteroatoms. The van der Waals surface area contributed by atoms with Crippen molar-refractivity contribution in [3.63, 3.8) is 0 Å². The Labute approximate surface area is 159 Å². The summed E-state index contributed by atoms with van der Waals surface area (Å²) in [6.45, 7) is 4.48. The van der Waals surface area contributed by atoms with Gasteiger partial charge >= 0.3 is 0 Å². The second kappa shape index (κ2) is 8.09. The smallest absolute Gasteiger partial charge is 0.277 e. The molecular weight excluding hydrogens is 346 g/mol. The summed E-state index contributed by atoms with van der Waals surface area (Å²) >= 11 is 1.49. The highest BCUT2D eigenvalue weighted by molar-refractivity contribution is 7.12. The van der Waals surface area contributed by atoms with Crippen molar-refractivity contribution >= 4 is 23.2 Å². The van der Waals surface area contributed by atoms with Gasteiger partial charge < -0.3 is 14.7 Å². The van der Waals surface area contributed by atoms with Crippen LogP contribution in [-0.4, -0.2) is 66.9 Å². The minimum absolute atomic E-state index is 0.110. The molecule has 2 saturated heterocycles. The Morgan fingerprint density at radius 3 is 2.54 bits per heavy atom. The Bertz CT molecular complexity index is 623. The van der Waals surface area contributed by atoms with Crippen molar-refractivity contribution in [1.29, 1.82) is 0 Å². The standard InChI is InChI=1S/C20H29N3O2S/c24-19(15-23-9-3-6-16-5-1-2-7-17(16)23)21-10-12-22(13-11-21)20(25)18-8-4-14-26-18/h4,8,14,16-17H,1-3,5-7,9-13,15H2/p+1/t16-,17-/m0/s1. The summed E-state index contributed by atoms with van der Waals surface area (Å²) in [5.74, 6) is 1.24. The van der Waals surface area contributed by atoms with Crippen LogP contribution in [0.1, 0.15) is 48.2 Å². The molecule has 1 N–H and O–H groups in total. The maximum atomic E-state index is 12.8. The maximum absolute atomic E-state index is 12.8. The van der Waals surface area contributed by atoms with Gasteiger partial charge in [0.15, 0.2) is 6.54 Å². The molecule has 1 aromatic rings. The van der Waals surface area contributed by atoms with Crippen LogP contribution in [0.15, 0.2) is 17.5 Å². The normalized spacial score (nSPS) is 29.3.